The largest absolute Gasteiger partial charge is 0.495 e. The van der Waals surface area contributed by atoms with Crippen molar-refractivity contribution in [2.45, 2.75) is 20.0 Å². The lowest BCUT2D eigenvalue weighted by Gasteiger charge is -2.08. The number of ether oxygens (including phenoxy) is 1. The summed E-state index contributed by atoms with van der Waals surface area (Å²) in [4.78, 5) is 0. The Kier molecular flexibility index (Phi) is 4.75. The van der Waals surface area contributed by atoms with Crippen molar-refractivity contribution in [2.24, 2.45) is 0 Å². The highest BCUT2D eigenvalue weighted by atomic mass is 16.5. The molecule has 2 rings (SSSR count). The van der Waals surface area contributed by atoms with Crippen molar-refractivity contribution in [2.75, 3.05) is 7.11 Å². The number of nitrogens with zero attached hydrogens (tertiary/aromatic N) is 1. The number of nitriles is 1. The first-order valence-corrected chi connectivity index (χ1v) is 6.56. The quantitative estimate of drug-likeness (QED) is 0.904. The molecule has 0 aliphatic rings. The first kappa shape index (κ1) is 14.1. The fourth-order valence-corrected chi connectivity index (χ4v) is 2.11. The minimum Gasteiger partial charge on any atom is -0.495 e. The standard InChI is InChI=1S/C17H18N2O/c1-13-4-3-5-14(8-13)11-19-12-15-6-7-16(10-18)17(9-15)20-2/h3-9,19H,11-12H2,1-2H3. The topological polar surface area (TPSA) is 45.0 Å². The molecule has 2 aromatic rings. The van der Waals surface area contributed by atoms with Gasteiger partial charge in [0.15, 0.2) is 0 Å². The molecular weight excluding hydrogens is 248 g/mol. The average Bonchev–Trinajstić information content (AvgIpc) is 2.47. The van der Waals surface area contributed by atoms with E-state index in [1.807, 2.05) is 12.1 Å². The second-order valence-electron chi connectivity index (χ2n) is 4.74. The molecular formula is C17H18N2O. The summed E-state index contributed by atoms with van der Waals surface area (Å²) < 4.78 is 5.21. The maximum absolute atomic E-state index is 8.95. The molecule has 1 N–H and O–H groups in total. The monoisotopic (exact) mass is 266 g/mol. The van der Waals surface area contributed by atoms with Crippen molar-refractivity contribution in [1.82, 2.24) is 5.32 Å². The molecule has 0 spiro atoms. The van der Waals surface area contributed by atoms with Gasteiger partial charge in [0, 0.05) is 13.1 Å². The van der Waals surface area contributed by atoms with Gasteiger partial charge in [-0.1, -0.05) is 35.9 Å². The van der Waals surface area contributed by atoms with E-state index in [1.165, 1.54) is 11.1 Å². The highest BCUT2D eigenvalue weighted by Gasteiger charge is 2.03. The third kappa shape index (κ3) is 3.59. The molecule has 0 atom stereocenters. The van der Waals surface area contributed by atoms with Crippen molar-refractivity contribution >= 4 is 0 Å². The molecule has 0 heterocycles. The summed E-state index contributed by atoms with van der Waals surface area (Å²) in [6.45, 7) is 3.66. The predicted molar refractivity (Wildman–Crippen MR) is 79.4 cm³/mol. The highest BCUT2D eigenvalue weighted by Crippen LogP contribution is 2.19. The second kappa shape index (κ2) is 6.74. The molecule has 0 fully saturated rings. The van der Waals surface area contributed by atoms with Crippen molar-refractivity contribution < 1.29 is 4.74 Å². The summed E-state index contributed by atoms with van der Waals surface area (Å²) in [5.41, 5.74) is 4.21. The molecule has 20 heavy (non-hydrogen) atoms. The van der Waals surface area contributed by atoms with E-state index < -0.39 is 0 Å². The van der Waals surface area contributed by atoms with Crippen LogP contribution in [0, 0.1) is 18.3 Å². The molecule has 102 valence electrons. The number of methoxy groups -OCH3 is 1. The smallest absolute Gasteiger partial charge is 0.136 e. The third-order valence-corrected chi connectivity index (χ3v) is 3.13. The molecule has 0 aliphatic heterocycles. The van der Waals surface area contributed by atoms with Gasteiger partial charge in [0.1, 0.15) is 11.8 Å². The van der Waals surface area contributed by atoms with E-state index in [-0.39, 0.29) is 0 Å². The van der Waals surface area contributed by atoms with E-state index in [0.717, 1.165) is 18.7 Å². The molecule has 3 nitrogen and oxygen atoms in total. The lowest BCUT2D eigenvalue weighted by Crippen LogP contribution is -2.12. The fraction of sp³-hybridized carbons (Fsp3) is 0.235. The molecule has 2 aromatic carbocycles. The van der Waals surface area contributed by atoms with Gasteiger partial charge in [0.2, 0.25) is 0 Å². The minimum absolute atomic E-state index is 0.565. The predicted octanol–water partition coefficient (Wildman–Crippen LogP) is 3.17. The Morgan fingerprint density at radius 2 is 1.85 bits per heavy atom. The van der Waals surface area contributed by atoms with Gasteiger partial charge in [-0.3, -0.25) is 0 Å². The molecule has 3 heteroatoms. The molecule has 0 aliphatic carbocycles. The van der Waals surface area contributed by atoms with Gasteiger partial charge in [-0.25, -0.2) is 0 Å². The molecule has 0 saturated heterocycles. The first-order chi connectivity index (χ1) is 9.72. The van der Waals surface area contributed by atoms with Gasteiger partial charge in [-0.05, 0) is 30.2 Å². The summed E-state index contributed by atoms with van der Waals surface area (Å²) >= 11 is 0. The van der Waals surface area contributed by atoms with E-state index in [1.54, 1.807) is 13.2 Å². The Morgan fingerprint density at radius 1 is 1.10 bits per heavy atom. The van der Waals surface area contributed by atoms with Crippen LogP contribution >= 0.6 is 0 Å². The van der Waals surface area contributed by atoms with Crippen molar-refractivity contribution in [3.05, 3.63) is 64.7 Å². The van der Waals surface area contributed by atoms with Crippen LogP contribution in [-0.4, -0.2) is 7.11 Å². The Balaban J connectivity index is 1.96. The van der Waals surface area contributed by atoms with Gasteiger partial charge in [0.05, 0.1) is 12.7 Å². The van der Waals surface area contributed by atoms with Gasteiger partial charge in [0.25, 0.3) is 0 Å². The Morgan fingerprint density at radius 3 is 2.50 bits per heavy atom. The Hall–Kier alpha value is -2.31. The Labute approximate surface area is 119 Å². The minimum atomic E-state index is 0.565. The van der Waals surface area contributed by atoms with Crippen LogP contribution in [0.2, 0.25) is 0 Å². The maximum Gasteiger partial charge on any atom is 0.136 e. The van der Waals surface area contributed by atoms with Crippen LogP contribution in [0.1, 0.15) is 22.3 Å². The van der Waals surface area contributed by atoms with E-state index in [9.17, 15) is 0 Å². The zero-order valence-corrected chi connectivity index (χ0v) is 11.8. The fourth-order valence-electron chi connectivity index (χ4n) is 2.11. The zero-order valence-electron chi connectivity index (χ0n) is 11.8. The number of nitrogens with one attached hydrogen (secondary N) is 1. The molecule has 0 saturated carbocycles. The van der Waals surface area contributed by atoms with Gasteiger partial charge in [-0.2, -0.15) is 5.26 Å². The number of rotatable bonds is 5. The third-order valence-electron chi connectivity index (χ3n) is 3.13. The average molecular weight is 266 g/mol. The van der Waals surface area contributed by atoms with Crippen molar-refractivity contribution in [3.8, 4) is 11.8 Å². The number of aryl methyl sites for hydroxylation is 1. The molecule has 0 aromatic heterocycles. The normalized spacial score (nSPS) is 10.1. The van der Waals surface area contributed by atoms with Crippen LogP contribution in [0.25, 0.3) is 0 Å². The maximum atomic E-state index is 8.95. The summed E-state index contributed by atoms with van der Waals surface area (Å²) in [5, 5.41) is 12.3. The molecule has 0 amide bonds. The van der Waals surface area contributed by atoms with E-state index >= 15 is 0 Å². The summed E-state index contributed by atoms with van der Waals surface area (Å²) in [5.74, 6) is 0.627. The molecule has 0 bridgehead atoms. The lowest BCUT2D eigenvalue weighted by molar-refractivity contribution is 0.412. The van der Waals surface area contributed by atoms with E-state index in [0.29, 0.717) is 11.3 Å². The van der Waals surface area contributed by atoms with Crippen LogP contribution in [0.4, 0.5) is 0 Å². The highest BCUT2D eigenvalue weighted by molar-refractivity contribution is 5.45. The van der Waals surface area contributed by atoms with Crippen LogP contribution < -0.4 is 10.1 Å². The lowest BCUT2D eigenvalue weighted by atomic mass is 10.1. The summed E-state index contributed by atoms with van der Waals surface area (Å²) in [6, 6.07) is 16.2. The zero-order chi connectivity index (χ0) is 14.4. The van der Waals surface area contributed by atoms with Gasteiger partial charge in [-0.15, -0.1) is 0 Å². The van der Waals surface area contributed by atoms with Crippen LogP contribution in [0.5, 0.6) is 5.75 Å². The molecule has 0 unspecified atom stereocenters. The van der Waals surface area contributed by atoms with Gasteiger partial charge >= 0.3 is 0 Å². The van der Waals surface area contributed by atoms with E-state index in [4.69, 9.17) is 10.00 Å². The SMILES string of the molecule is COc1cc(CNCc2cccc(C)c2)ccc1C#N. The van der Waals surface area contributed by atoms with Crippen molar-refractivity contribution in [1.29, 1.82) is 5.26 Å². The first-order valence-electron chi connectivity index (χ1n) is 6.56. The van der Waals surface area contributed by atoms with Gasteiger partial charge < -0.3 is 10.1 Å². The summed E-state index contributed by atoms with van der Waals surface area (Å²) in [6.07, 6.45) is 0. The summed E-state index contributed by atoms with van der Waals surface area (Å²) in [7, 11) is 1.58. The number of hydrogen-bond donors (Lipinski definition) is 1. The number of hydrogen-bond acceptors (Lipinski definition) is 3. The molecule has 0 radical (unpaired) electrons. The van der Waals surface area contributed by atoms with E-state index in [2.05, 4.69) is 42.6 Å². The van der Waals surface area contributed by atoms with Crippen LogP contribution in [0.15, 0.2) is 42.5 Å². The van der Waals surface area contributed by atoms with Crippen LogP contribution in [0.3, 0.4) is 0 Å². The Bertz CT molecular complexity index is 629. The van der Waals surface area contributed by atoms with Crippen molar-refractivity contribution in [3.63, 3.8) is 0 Å². The number of benzene rings is 2. The second-order valence-corrected chi connectivity index (χ2v) is 4.74. The van der Waals surface area contributed by atoms with Crippen LogP contribution in [-0.2, 0) is 13.1 Å².